The maximum Gasteiger partial charge on any atom is 0.433 e. The molecule has 0 aliphatic carbocycles. The number of benzene rings is 1. The SMILES string of the molecule is COc1ccc2nc(CN3CCCC(c4cc(C(F)(F)F)n5ncnc5n4)C3)ccc2c1. The maximum atomic E-state index is 13.5. The number of hydrogen-bond donors (Lipinski definition) is 0. The molecule has 32 heavy (non-hydrogen) atoms. The number of piperidine rings is 1. The summed E-state index contributed by atoms with van der Waals surface area (Å²) in [6.45, 7) is 2.09. The quantitative estimate of drug-likeness (QED) is 0.475. The van der Waals surface area contributed by atoms with Gasteiger partial charge in [-0.05, 0) is 49.7 Å². The minimum Gasteiger partial charge on any atom is -0.497 e. The number of methoxy groups -OCH3 is 1. The highest BCUT2D eigenvalue weighted by Crippen LogP contribution is 2.33. The molecule has 4 heterocycles. The zero-order valence-corrected chi connectivity index (χ0v) is 17.4. The summed E-state index contributed by atoms with van der Waals surface area (Å²) in [5.41, 5.74) is 1.35. The molecule has 1 saturated heterocycles. The number of nitrogens with zero attached hydrogens (tertiary/aromatic N) is 6. The van der Waals surface area contributed by atoms with Gasteiger partial charge in [0.15, 0.2) is 5.69 Å². The maximum absolute atomic E-state index is 13.5. The van der Waals surface area contributed by atoms with Crippen LogP contribution in [0.1, 0.15) is 35.8 Å². The molecule has 10 heteroatoms. The fraction of sp³-hybridized carbons (Fsp3) is 0.364. The zero-order valence-electron chi connectivity index (χ0n) is 17.4. The van der Waals surface area contributed by atoms with E-state index in [0.29, 0.717) is 18.8 Å². The van der Waals surface area contributed by atoms with Crippen LogP contribution >= 0.6 is 0 Å². The van der Waals surface area contributed by atoms with E-state index in [2.05, 4.69) is 20.0 Å². The molecule has 3 aromatic heterocycles. The van der Waals surface area contributed by atoms with Crippen LogP contribution in [0, 0.1) is 0 Å². The van der Waals surface area contributed by atoms with Gasteiger partial charge in [-0.15, -0.1) is 0 Å². The molecule has 0 amide bonds. The lowest BCUT2D eigenvalue weighted by molar-refractivity contribution is -0.142. The van der Waals surface area contributed by atoms with Gasteiger partial charge in [0.25, 0.3) is 5.78 Å². The lowest BCUT2D eigenvalue weighted by atomic mass is 9.94. The van der Waals surface area contributed by atoms with Crippen LogP contribution < -0.4 is 4.74 Å². The van der Waals surface area contributed by atoms with Crippen molar-refractivity contribution in [3.8, 4) is 5.75 Å². The zero-order chi connectivity index (χ0) is 22.3. The predicted molar refractivity (Wildman–Crippen MR) is 111 cm³/mol. The van der Waals surface area contributed by atoms with E-state index in [0.717, 1.165) is 58.6 Å². The number of hydrogen-bond acceptors (Lipinski definition) is 6. The second-order valence-corrected chi connectivity index (χ2v) is 7.97. The first-order chi connectivity index (χ1) is 15.4. The van der Waals surface area contributed by atoms with E-state index < -0.39 is 11.9 Å². The molecular weight excluding hydrogens is 421 g/mol. The summed E-state index contributed by atoms with van der Waals surface area (Å²) in [5.74, 6) is 0.635. The third kappa shape index (κ3) is 3.97. The number of aromatic nitrogens is 5. The van der Waals surface area contributed by atoms with E-state index in [1.165, 1.54) is 0 Å². The van der Waals surface area contributed by atoms with Crippen molar-refractivity contribution in [3.05, 3.63) is 59.8 Å². The fourth-order valence-corrected chi connectivity index (χ4v) is 4.27. The lowest BCUT2D eigenvalue weighted by Gasteiger charge is -2.32. The Kier molecular flexibility index (Phi) is 5.16. The van der Waals surface area contributed by atoms with E-state index in [4.69, 9.17) is 9.72 Å². The summed E-state index contributed by atoms with van der Waals surface area (Å²) in [6, 6.07) is 10.8. The number of rotatable bonds is 4. The Bertz CT molecular complexity index is 1270. The van der Waals surface area contributed by atoms with Gasteiger partial charge in [0.05, 0.1) is 24.0 Å². The topological polar surface area (TPSA) is 68.4 Å². The highest BCUT2D eigenvalue weighted by Gasteiger charge is 2.36. The Morgan fingerprint density at radius 2 is 2.00 bits per heavy atom. The summed E-state index contributed by atoms with van der Waals surface area (Å²) in [7, 11) is 1.63. The molecule has 0 bridgehead atoms. The van der Waals surface area contributed by atoms with E-state index in [1.807, 2.05) is 30.3 Å². The summed E-state index contributed by atoms with van der Waals surface area (Å²) in [6.07, 6.45) is -1.79. The third-order valence-electron chi connectivity index (χ3n) is 5.83. The van der Waals surface area contributed by atoms with E-state index >= 15 is 0 Å². The molecule has 0 saturated carbocycles. The van der Waals surface area contributed by atoms with Gasteiger partial charge in [-0.2, -0.15) is 27.8 Å². The average molecular weight is 442 g/mol. The Balaban J connectivity index is 1.37. The lowest BCUT2D eigenvalue weighted by Crippen LogP contribution is -2.34. The van der Waals surface area contributed by atoms with Crippen molar-refractivity contribution < 1.29 is 17.9 Å². The molecule has 0 radical (unpaired) electrons. The van der Waals surface area contributed by atoms with Crippen LogP contribution in [0.5, 0.6) is 5.75 Å². The van der Waals surface area contributed by atoms with E-state index in [1.54, 1.807) is 7.11 Å². The molecule has 1 atom stereocenters. The van der Waals surface area contributed by atoms with Gasteiger partial charge in [0.2, 0.25) is 0 Å². The number of fused-ring (bicyclic) bond motifs is 2. The van der Waals surface area contributed by atoms with Crippen molar-refractivity contribution in [2.75, 3.05) is 20.2 Å². The molecule has 1 fully saturated rings. The van der Waals surface area contributed by atoms with Crippen LogP contribution in [0.2, 0.25) is 0 Å². The van der Waals surface area contributed by atoms with E-state index in [-0.39, 0.29) is 11.7 Å². The smallest absolute Gasteiger partial charge is 0.433 e. The van der Waals surface area contributed by atoms with Gasteiger partial charge in [-0.25, -0.2) is 4.98 Å². The van der Waals surface area contributed by atoms with Crippen LogP contribution in [0.4, 0.5) is 13.2 Å². The first-order valence-electron chi connectivity index (χ1n) is 10.3. The standard InChI is InChI=1S/C22H21F3N6O/c1-32-17-6-7-18-14(9-17)4-5-16(28-18)12-30-8-2-3-15(11-30)19-10-20(22(23,24)25)31-21(29-19)26-13-27-31/h4-7,9-10,13,15H,2-3,8,11-12H2,1H3. The van der Waals surface area contributed by atoms with E-state index in [9.17, 15) is 13.2 Å². The van der Waals surface area contributed by atoms with Crippen LogP contribution in [0.3, 0.4) is 0 Å². The molecule has 5 rings (SSSR count). The van der Waals surface area contributed by atoms with Crippen LogP contribution in [0.25, 0.3) is 16.7 Å². The second kappa shape index (κ2) is 8.01. The van der Waals surface area contributed by atoms with Crippen LogP contribution in [0.15, 0.2) is 42.7 Å². The number of ether oxygens (including phenoxy) is 1. The summed E-state index contributed by atoms with van der Waals surface area (Å²) >= 11 is 0. The molecule has 1 aliphatic rings. The summed E-state index contributed by atoms with van der Waals surface area (Å²) < 4.78 is 46.6. The first-order valence-corrected chi connectivity index (χ1v) is 10.3. The number of likely N-dealkylation sites (tertiary alicyclic amines) is 1. The number of pyridine rings is 1. The minimum absolute atomic E-state index is 0.0291. The van der Waals surface area contributed by atoms with Crippen molar-refractivity contribution in [2.24, 2.45) is 0 Å². The van der Waals surface area contributed by atoms with Crippen molar-refractivity contribution in [2.45, 2.75) is 31.5 Å². The monoisotopic (exact) mass is 442 g/mol. The van der Waals surface area contributed by atoms with Gasteiger partial charge >= 0.3 is 6.18 Å². The van der Waals surface area contributed by atoms with Crippen molar-refractivity contribution >= 4 is 16.7 Å². The number of alkyl halides is 3. The van der Waals surface area contributed by atoms with Gasteiger partial charge in [0.1, 0.15) is 12.1 Å². The Hall–Kier alpha value is -3.27. The number of halogens is 3. The molecule has 4 aromatic rings. The predicted octanol–water partition coefficient (Wildman–Crippen LogP) is 4.08. The largest absolute Gasteiger partial charge is 0.497 e. The van der Waals surface area contributed by atoms with Gasteiger partial charge in [-0.3, -0.25) is 9.88 Å². The molecule has 1 unspecified atom stereocenters. The van der Waals surface area contributed by atoms with Gasteiger partial charge < -0.3 is 4.74 Å². The van der Waals surface area contributed by atoms with Crippen LogP contribution in [-0.4, -0.2) is 49.7 Å². The summed E-state index contributed by atoms with van der Waals surface area (Å²) in [4.78, 5) is 15.2. The van der Waals surface area contributed by atoms with Crippen molar-refractivity contribution in [1.29, 1.82) is 0 Å². The highest BCUT2D eigenvalue weighted by molar-refractivity contribution is 5.80. The highest BCUT2D eigenvalue weighted by atomic mass is 19.4. The van der Waals surface area contributed by atoms with Gasteiger partial charge in [0, 0.05) is 24.4 Å². The third-order valence-corrected chi connectivity index (χ3v) is 5.83. The molecule has 7 nitrogen and oxygen atoms in total. The molecular formula is C22H21F3N6O. The molecule has 1 aliphatic heterocycles. The van der Waals surface area contributed by atoms with Gasteiger partial charge in [-0.1, -0.05) is 6.07 Å². The second-order valence-electron chi connectivity index (χ2n) is 7.97. The Morgan fingerprint density at radius 3 is 2.81 bits per heavy atom. The minimum atomic E-state index is -4.53. The Morgan fingerprint density at radius 1 is 1.12 bits per heavy atom. The first kappa shape index (κ1) is 20.6. The molecule has 166 valence electrons. The normalized spacial score (nSPS) is 17.8. The molecule has 1 aromatic carbocycles. The van der Waals surface area contributed by atoms with Crippen molar-refractivity contribution in [3.63, 3.8) is 0 Å². The fourth-order valence-electron chi connectivity index (χ4n) is 4.27. The molecule has 0 spiro atoms. The summed E-state index contributed by atoms with van der Waals surface area (Å²) in [5, 5.41) is 4.67. The Labute approximate surface area is 181 Å². The van der Waals surface area contributed by atoms with Crippen molar-refractivity contribution in [1.82, 2.24) is 29.5 Å². The van der Waals surface area contributed by atoms with Crippen LogP contribution in [-0.2, 0) is 12.7 Å². The average Bonchev–Trinajstić information content (AvgIpc) is 3.26. The molecule has 0 N–H and O–H groups in total.